The molecular weight excluding hydrogens is 325 g/mol. The first-order valence-corrected chi connectivity index (χ1v) is 8.01. The van der Waals surface area contributed by atoms with Gasteiger partial charge in [-0.3, -0.25) is 4.79 Å². The van der Waals surface area contributed by atoms with Gasteiger partial charge in [0, 0.05) is 25.8 Å². The lowest BCUT2D eigenvalue weighted by Gasteiger charge is -2.36. The molecule has 1 aromatic heterocycles. The fourth-order valence-corrected chi connectivity index (χ4v) is 2.96. The summed E-state index contributed by atoms with van der Waals surface area (Å²) >= 11 is 0. The number of halogens is 3. The van der Waals surface area contributed by atoms with E-state index in [2.05, 4.69) is 9.97 Å². The number of anilines is 1. The van der Waals surface area contributed by atoms with Crippen molar-refractivity contribution in [2.24, 2.45) is 0 Å². The quantitative estimate of drug-likeness (QED) is 0.818. The SMILES string of the molecule is O=C(C1CN(c2nccc(C(F)(F)F)n2)CCO1)N1CCCCC1. The molecule has 24 heavy (non-hydrogen) atoms. The van der Waals surface area contributed by atoms with Gasteiger partial charge in [0.2, 0.25) is 5.95 Å². The van der Waals surface area contributed by atoms with Gasteiger partial charge in [-0.15, -0.1) is 0 Å². The zero-order chi connectivity index (χ0) is 17.2. The average molecular weight is 344 g/mol. The van der Waals surface area contributed by atoms with Crippen LogP contribution in [0, 0.1) is 0 Å². The van der Waals surface area contributed by atoms with Crippen molar-refractivity contribution in [2.45, 2.75) is 31.5 Å². The van der Waals surface area contributed by atoms with Gasteiger partial charge in [-0.05, 0) is 25.3 Å². The first-order valence-electron chi connectivity index (χ1n) is 8.01. The molecule has 2 fully saturated rings. The van der Waals surface area contributed by atoms with Crippen molar-refractivity contribution in [1.29, 1.82) is 0 Å². The maximum absolute atomic E-state index is 12.8. The Hall–Kier alpha value is -1.90. The topological polar surface area (TPSA) is 58.6 Å². The number of morpholine rings is 1. The highest BCUT2D eigenvalue weighted by atomic mass is 19.4. The van der Waals surface area contributed by atoms with Crippen molar-refractivity contribution in [1.82, 2.24) is 14.9 Å². The fourth-order valence-electron chi connectivity index (χ4n) is 2.96. The predicted molar refractivity (Wildman–Crippen MR) is 79.4 cm³/mol. The number of nitrogens with zero attached hydrogens (tertiary/aromatic N) is 4. The standard InChI is InChI=1S/C15H19F3N4O2/c16-15(17,18)12-4-5-19-14(20-12)22-8-9-24-11(10-22)13(23)21-6-2-1-3-7-21/h4-5,11H,1-3,6-10H2. The lowest BCUT2D eigenvalue weighted by Crippen LogP contribution is -2.52. The highest BCUT2D eigenvalue weighted by Gasteiger charge is 2.35. The van der Waals surface area contributed by atoms with Crippen molar-refractivity contribution in [2.75, 3.05) is 37.7 Å². The van der Waals surface area contributed by atoms with Gasteiger partial charge in [-0.25, -0.2) is 9.97 Å². The Morgan fingerprint density at radius 2 is 1.96 bits per heavy atom. The van der Waals surface area contributed by atoms with Gasteiger partial charge in [0.05, 0.1) is 13.2 Å². The number of hydrogen-bond acceptors (Lipinski definition) is 5. The van der Waals surface area contributed by atoms with Gasteiger partial charge < -0.3 is 14.5 Å². The second kappa shape index (κ2) is 6.92. The maximum Gasteiger partial charge on any atom is 0.433 e. The van der Waals surface area contributed by atoms with E-state index in [1.165, 1.54) is 0 Å². The Morgan fingerprint density at radius 3 is 2.67 bits per heavy atom. The van der Waals surface area contributed by atoms with Crippen LogP contribution in [0.25, 0.3) is 0 Å². The average Bonchev–Trinajstić information content (AvgIpc) is 2.61. The summed E-state index contributed by atoms with van der Waals surface area (Å²) in [4.78, 5) is 23.4. The van der Waals surface area contributed by atoms with Crippen LogP contribution < -0.4 is 4.90 Å². The van der Waals surface area contributed by atoms with Crippen LogP contribution in [0.4, 0.5) is 19.1 Å². The zero-order valence-corrected chi connectivity index (χ0v) is 13.1. The summed E-state index contributed by atoms with van der Waals surface area (Å²) in [6.45, 7) is 2.18. The molecule has 3 heterocycles. The minimum Gasteiger partial charge on any atom is -0.365 e. The van der Waals surface area contributed by atoms with Gasteiger partial charge in [-0.2, -0.15) is 13.2 Å². The third-order valence-electron chi connectivity index (χ3n) is 4.23. The van der Waals surface area contributed by atoms with Gasteiger partial charge in [-0.1, -0.05) is 0 Å². The van der Waals surface area contributed by atoms with E-state index in [0.29, 0.717) is 19.6 Å². The molecule has 1 amide bonds. The fraction of sp³-hybridized carbons (Fsp3) is 0.667. The number of carbonyl (C=O) groups excluding carboxylic acids is 1. The molecule has 3 rings (SSSR count). The van der Waals surface area contributed by atoms with E-state index in [9.17, 15) is 18.0 Å². The summed E-state index contributed by atoms with van der Waals surface area (Å²) in [6.07, 6.45) is -1.07. The van der Waals surface area contributed by atoms with Crippen LogP contribution in [-0.4, -0.2) is 59.7 Å². The highest BCUT2D eigenvalue weighted by molar-refractivity contribution is 5.82. The van der Waals surface area contributed by atoms with E-state index in [4.69, 9.17) is 4.74 Å². The number of alkyl halides is 3. The number of rotatable bonds is 2. The maximum atomic E-state index is 12.8. The number of amides is 1. The summed E-state index contributed by atoms with van der Waals surface area (Å²) in [6, 6.07) is 0.834. The van der Waals surface area contributed by atoms with Crippen molar-refractivity contribution in [3.63, 3.8) is 0 Å². The number of hydrogen-bond donors (Lipinski definition) is 0. The number of likely N-dealkylation sites (tertiary alicyclic amines) is 1. The van der Waals surface area contributed by atoms with Crippen LogP contribution in [-0.2, 0) is 15.7 Å². The molecule has 0 saturated carbocycles. The largest absolute Gasteiger partial charge is 0.433 e. The number of piperidine rings is 1. The Bertz CT molecular complexity index is 590. The van der Waals surface area contributed by atoms with Gasteiger partial charge in [0.1, 0.15) is 5.69 Å². The Morgan fingerprint density at radius 1 is 1.21 bits per heavy atom. The molecule has 6 nitrogen and oxygen atoms in total. The molecule has 0 aromatic carbocycles. The van der Waals surface area contributed by atoms with Crippen LogP contribution in [0.1, 0.15) is 25.0 Å². The van der Waals surface area contributed by atoms with Crippen LogP contribution in [0.15, 0.2) is 12.3 Å². The summed E-state index contributed by atoms with van der Waals surface area (Å²) in [5, 5.41) is 0. The summed E-state index contributed by atoms with van der Waals surface area (Å²) in [5.74, 6) is -0.129. The van der Waals surface area contributed by atoms with E-state index < -0.39 is 18.0 Å². The van der Waals surface area contributed by atoms with Crippen molar-refractivity contribution < 1.29 is 22.7 Å². The van der Waals surface area contributed by atoms with Crippen molar-refractivity contribution in [3.05, 3.63) is 18.0 Å². The zero-order valence-electron chi connectivity index (χ0n) is 13.1. The van der Waals surface area contributed by atoms with E-state index >= 15 is 0 Å². The molecule has 2 aliphatic rings. The number of carbonyl (C=O) groups is 1. The minimum absolute atomic E-state index is 0.0235. The molecule has 2 saturated heterocycles. The summed E-state index contributed by atoms with van der Waals surface area (Å²) < 4.78 is 43.9. The lowest BCUT2D eigenvalue weighted by molar-refractivity contribution is -0.145. The molecule has 0 bridgehead atoms. The Kier molecular flexibility index (Phi) is 4.88. The second-order valence-electron chi connectivity index (χ2n) is 5.93. The van der Waals surface area contributed by atoms with Gasteiger partial charge >= 0.3 is 6.18 Å². The Balaban J connectivity index is 1.70. The lowest BCUT2D eigenvalue weighted by atomic mass is 10.1. The smallest absolute Gasteiger partial charge is 0.365 e. The first-order chi connectivity index (χ1) is 11.4. The molecule has 0 aliphatic carbocycles. The van der Waals surface area contributed by atoms with Gasteiger partial charge in [0.25, 0.3) is 5.91 Å². The van der Waals surface area contributed by atoms with E-state index in [0.717, 1.165) is 31.5 Å². The third-order valence-corrected chi connectivity index (χ3v) is 4.23. The highest BCUT2D eigenvalue weighted by Crippen LogP contribution is 2.28. The number of ether oxygens (including phenoxy) is 1. The van der Waals surface area contributed by atoms with E-state index in [-0.39, 0.29) is 25.0 Å². The van der Waals surface area contributed by atoms with Crippen LogP contribution >= 0.6 is 0 Å². The second-order valence-corrected chi connectivity index (χ2v) is 5.93. The monoisotopic (exact) mass is 344 g/mol. The van der Waals surface area contributed by atoms with Crippen molar-refractivity contribution >= 4 is 11.9 Å². The first kappa shape index (κ1) is 16.9. The van der Waals surface area contributed by atoms with Crippen LogP contribution in [0.3, 0.4) is 0 Å². The van der Waals surface area contributed by atoms with E-state index in [1.807, 2.05) is 0 Å². The number of aromatic nitrogens is 2. The molecule has 1 unspecified atom stereocenters. The van der Waals surface area contributed by atoms with Crippen LogP contribution in [0.5, 0.6) is 0 Å². The Labute approximate surface area is 137 Å². The molecular formula is C15H19F3N4O2. The minimum atomic E-state index is -4.52. The predicted octanol–water partition coefficient (Wildman–Crippen LogP) is 1.71. The normalized spacial score (nSPS) is 22.5. The molecule has 0 N–H and O–H groups in total. The van der Waals surface area contributed by atoms with Crippen molar-refractivity contribution in [3.8, 4) is 0 Å². The molecule has 1 aromatic rings. The molecule has 2 aliphatic heterocycles. The molecule has 0 radical (unpaired) electrons. The van der Waals surface area contributed by atoms with E-state index in [1.54, 1.807) is 9.80 Å². The van der Waals surface area contributed by atoms with Crippen LogP contribution in [0.2, 0.25) is 0 Å². The third kappa shape index (κ3) is 3.77. The molecule has 9 heteroatoms. The summed E-state index contributed by atoms with van der Waals surface area (Å²) in [5.41, 5.74) is -0.988. The molecule has 0 spiro atoms. The molecule has 1 atom stereocenters. The van der Waals surface area contributed by atoms with Gasteiger partial charge in [0.15, 0.2) is 6.10 Å². The molecule has 132 valence electrons. The summed E-state index contributed by atoms with van der Waals surface area (Å²) in [7, 11) is 0.